The molecule has 0 saturated carbocycles. The van der Waals surface area contributed by atoms with Gasteiger partial charge < -0.3 is 74.4 Å². The van der Waals surface area contributed by atoms with Crippen LogP contribution in [0, 0.1) is 0 Å². The van der Waals surface area contributed by atoms with Crippen molar-refractivity contribution in [1.82, 2.24) is 0 Å². The van der Waals surface area contributed by atoms with Crippen molar-refractivity contribution in [2.24, 2.45) is 0 Å². The van der Waals surface area contributed by atoms with Crippen molar-refractivity contribution >= 4 is 11.0 Å². The van der Waals surface area contributed by atoms with Crippen molar-refractivity contribution in [3.63, 3.8) is 0 Å². The van der Waals surface area contributed by atoms with Gasteiger partial charge in [0.15, 0.2) is 23.2 Å². The van der Waals surface area contributed by atoms with E-state index in [4.69, 9.17) is 23.4 Å². The quantitative estimate of drug-likeness (QED) is 0.125. The molecular weight excluding hydrogens is 580 g/mol. The molecule has 1 aromatic heterocycles. The Kier molecular flexibility index (Phi) is 8.77. The molecule has 43 heavy (non-hydrogen) atoms. The molecule has 3 aromatic rings. The Hall–Kier alpha value is -3.55. The van der Waals surface area contributed by atoms with Gasteiger partial charge in [-0.25, -0.2) is 0 Å². The molecule has 0 radical (unpaired) electrons. The van der Waals surface area contributed by atoms with Crippen LogP contribution >= 0.6 is 0 Å². The Morgan fingerprint density at radius 3 is 2.05 bits per heavy atom. The minimum absolute atomic E-state index is 0.0326. The van der Waals surface area contributed by atoms with E-state index in [1.807, 2.05) is 0 Å². The fourth-order valence-electron chi connectivity index (χ4n) is 4.91. The number of phenolic OH excluding ortho intramolecular Hbond substituents is 3. The first kappa shape index (κ1) is 30.9. The number of benzene rings is 2. The maximum absolute atomic E-state index is 12.8. The summed E-state index contributed by atoms with van der Waals surface area (Å²) in [7, 11) is 0. The van der Waals surface area contributed by atoms with Gasteiger partial charge in [-0.2, -0.15) is 0 Å². The van der Waals surface area contributed by atoms with Gasteiger partial charge in [0.2, 0.25) is 6.29 Å². The Morgan fingerprint density at radius 2 is 1.37 bits per heavy atom. The zero-order valence-electron chi connectivity index (χ0n) is 22.1. The molecule has 0 amide bonds. The minimum atomic E-state index is -1.86. The summed E-state index contributed by atoms with van der Waals surface area (Å²) in [5.74, 6) is -1.67. The Morgan fingerprint density at radius 1 is 0.698 bits per heavy atom. The van der Waals surface area contributed by atoms with Crippen LogP contribution in [0.2, 0.25) is 0 Å². The monoisotopic (exact) mass is 610 g/mol. The second kappa shape index (κ2) is 12.2. The van der Waals surface area contributed by atoms with Crippen molar-refractivity contribution in [2.45, 2.75) is 61.4 Å². The Labute approximate surface area is 241 Å². The molecule has 4 unspecified atom stereocenters. The highest BCUT2D eigenvalue weighted by Gasteiger charge is 2.51. The number of hydrogen-bond acceptors (Lipinski definition) is 16. The number of aliphatic hydroxyl groups excluding tert-OH is 7. The van der Waals surface area contributed by atoms with Crippen LogP contribution < -0.4 is 10.2 Å². The maximum atomic E-state index is 12.8. The van der Waals surface area contributed by atoms with Crippen LogP contribution in [0.15, 0.2) is 45.6 Å². The van der Waals surface area contributed by atoms with Crippen molar-refractivity contribution < 1.29 is 74.4 Å². The normalized spacial score (nSPS) is 33.0. The van der Waals surface area contributed by atoms with Gasteiger partial charge >= 0.3 is 0 Å². The molecule has 2 fully saturated rings. The molecule has 2 aliphatic rings. The lowest BCUT2D eigenvalue weighted by atomic mass is 9.97. The first-order valence-electron chi connectivity index (χ1n) is 13.0. The number of hydrogen-bond donors (Lipinski definition) is 10. The molecule has 5 rings (SSSR count). The van der Waals surface area contributed by atoms with E-state index in [-0.39, 0.29) is 28.0 Å². The van der Waals surface area contributed by atoms with Gasteiger partial charge in [0.05, 0.1) is 13.2 Å². The van der Waals surface area contributed by atoms with Crippen molar-refractivity contribution in [3.8, 4) is 34.3 Å². The van der Waals surface area contributed by atoms with E-state index in [2.05, 4.69) is 0 Å². The van der Waals surface area contributed by atoms with Crippen LogP contribution in [0.3, 0.4) is 0 Å². The Bertz CT molecular complexity index is 1510. The molecule has 0 spiro atoms. The highest BCUT2D eigenvalue weighted by atomic mass is 16.7. The number of aliphatic hydroxyl groups is 7. The summed E-state index contributed by atoms with van der Waals surface area (Å²) in [5, 5.41) is 101. The molecule has 16 nitrogen and oxygen atoms in total. The van der Waals surface area contributed by atoms with Crippen molar-refractivity contribution in [1.29, 1.82) is 0 Å². The first-order chi connectivity index (χ1) is 20.4. The predicted octanol–water partition coefficient (Wildman–Crippen LogP) is -2.42. The average molecular weight is 611 g/mol. The summed E-state index contributed by atoms with van der Waals surface area (Å²) in [6.45, 7) is -1.55. The van der Waals surface area contributed by atoms with Crippen molar-refractivity contribution in [3.05, 3.63) is 46.6 Å². The zero-order chi connectivity index (χ0) is 31.2. The molecule has 0 bridgehead atoms. The summed E-state index contributed by atoms with van der Waals surface area (Å²) in [4.78, 5) is 12.8. The highest BCUT2D eigenvalue weighted by molar-refractivity contribution is 5.86. The molecule has 0 aliphatic carbocycles. The topological polar surface area (TPSA) is 269 Å². The largest absolute Gasteiger partial charge is 0.507 e. The minimum Gasteiger partial charge on any atom is -0.507 e. The SMILES string of the molecule is O=c1cc(-c2ccc(O)c(O)c2)oc2cc(O[C@@H]3OC(CO)[C@@H](O)[C@H](O[C@@H]4OC(CO)[C@@H](O)[C@H](O)C4O)C3O)cc(O)c12. The smallest absolute Gasteiger partial charge is 0.229 e. The van der Waals surface area contributed by atoms with E-state index in [0.717, 1.165) is 18.2 Å². The lowest BCUT2D eigenvalue weighted by molar-refractivity contribution is -0.352. The summed E-state index contributed by atoms with van der Waals surface area (Å²) >= 11 is 0. The van der Waals surface area contributed by atoms with Crippen LogP contribution in [0.25, 0.3) is 22.3 Å². The first-order valence-corrected chi connectivity index (χ1v) is 13.0. The van der Waals surface area contributed by atoms with Crippen LogP contribution in [0.5, 0.6) is 23.0 Å². The molecule has 2 saturated heterocycles. The van der Waals surface area contributed by atoms with E-state index >= 15 is 0 Å². The van der Waals surface area contributed by atoms with E-state index in [1.165, 1.54) is 18.2 Å². The van der Waals surface area contributed by atoms with E-state index in [0.29, 0.717) is 0 Å². The summed E-state index contributed by atoms with van der Waals surface area (Å²) < 4.78 is 27.7. The van der Waals surface area contributed by atoms with Gasteiger partial charge in [-0.3, -0.25) is 4.79 Å². The van der Waals surface area contributed by atoms with Gasteiger partial charge in [0, 0.05) is 23.8 Å². The molecular formula is C27H30O16. The number of rotatable bonds is 7. The summed E-state index contributed by atoms with van der Waals surface area (Å²) in [5.41, 5.74) is -0.611. The third-order valence-corrected chi connectivity index (χ3v) is 7.26. The summed E-state index contributed by atoms with van der Waals surface area (Å²) in [6, 6.07) is 6.98. The lowest BCUT2D eigenvalue weighted by Crippen LogP contribution is -2.65. The van der Waals surface area contributed by atoms with Gasteiger partial charge in [-0.05, 0) is 18.2 Å². The van der Waals surface area contributed by atoms with Crippen LogP contribution in [0.1, 0.15) is 0 Å². The van der Waals surface area contributed by atoms with Gasteiger partial charge in [-0.1, -0.05) is 0 Å². The van der Waals surface area contributed by atoms with E-state index < -0.39 is 97.3 Å². The number of ether oxygens (including phenoxy) is 4. The predicted molar refractivity (Wildman–Crippen MR) is 140 cm³/mol. The van der Waals surface area contributed by atoms with Gasteiger partial charge in [-0.15, -0.1) is 0 Å². The molecule has 10 N–H and O–H groups in total. The molecule has 10 atom stereocenters. The van der Waals surface area contributed by atoms with Crippen LogP contribution in [-0.2, 0) is 14.2 Å². The van der Waals surface area contributed by atoms with E-state index in [1.54, 1.807) is 0 Å². The second-order valence-corrected chi connectivity index (χ2v) is 10.1. The van der Waals surface area contributed by atoms with Crippen LogP contribution in [0.4, 0.5) is 0 Å². The number of fused-ring (bicyclic) bond motifs is 1. The second-order valence-electron chi connectivity index (χ2n) is 10.1. The Balaban J connectivity index is 1.43. The molecule has 3 heterocycles. The van der Waals surface area contributed by atoms with E-state index in [9.17, 15) is 55.9 Å². The molecule has 16 heteroatoms. The third-order valence-electron chi connectivity index (χ3n) is 7.26. The number of phenols is 3. The maximum Gasteiger partial charge on any atom is 0.229 e. The average Bonchev–Trinajstić information content (AvgIpc) is 2.97. The fraction of sp³-hybridized carbons (Fsp3) is 0.444. The van der Waals surface area contributed by atoms with Crippen LogP contribution in [-0.4, -0.2) is 126 Å². The molecule has 2 aliphatic heterocycles. The lowest BCUT2D eigenvalue weighted by Gasteiger charge is -2.45. The fourth-order valence-corrected chi connectivity index (χ4v) is 4.91. The third kappa shape index (κ3) is 5.85. The number of aromatic hydroxyl groups is 3. The molecule has 2 aromatic carbocycles. The van der Waals surface area contributed by atoms with Crippen molar-refractivity contribution in [2.75, 3.05) is 13.2 Å². The molecule has 234 valence electrons. The highest BCUT2D eigenvalue weighted by Crippen LogP contribution is 2.36. The standard InChI is InChI=1S/C27H30O16/c28-7-17-20(34)22(36)23(37)26(41-17)43-25-21(35)18(8-29)42-27(24(25)38)39-10-4-13(32)19-14(33)6-15(40-16(19)5-10)9-1-2-11(30)12(31)3-9/h1-6,17-18,20-32,34-38H,7-8H2/t17?,18?,20-,21-,22+,23?,24?,25+,26+,27-/m1/s1. The summed E-state index contributed by atoms with van der Waals surface area (Å²) in [6.07, 6.45) is -16.8. The van der Waals surface area contributed by atoms with Gasteiger partial charge in [0.1, 0.15) is 77.1 Å². The van der Waals surface area contributed by atoms with Gasteiger partial charge in [0.25, 0.3) is 0 Å². The zero-order valence-corrected chi connectivity index (χ0v) is 22.1.